The van der Waals surface area contributed by atoms with E-state index in [-0.39, 0.29) is 5.41 Å². The summed E-state index contributed by atoms with van der Waals surface area (Å²) in [7, 11) is 1.96. The van der Waals surface area contributed by atoms with Crippen LogP contribution in [0.25, 0.3) is 22.3 Å². The molecule has 0 atom stereocenters. The Morgan fingerprint density at radius 2 is 1.86 bits per heavy atom. The van der Waals surface area contributed by atoms with Gasteiger partial charge in [0.25, 0.3) is 0 Å². The fourth-order valence-electron chi connectivity index (χ4n) is 2.63. The normalized spacial score (nSPS) is 12.0. The van der Waals surface area contributed by atoms with Crippen LogP contribution in [0.15, 0.2) is 36.7 Å². The van der Waals surface area contributed by atoms with E-state index in [1.165, 1.54) is 5.56 Å². The average molecular weight is 300 g/mol. The van der Waals surface area contributed by atoms with Crippen molar-refractivity contribution in [2.24, 2.45) is 7.05 Å². The van der Waals surface area contributed by atoms with E-state index in [2.05, 4.69) is 48.9 Å². The third-order valence-electron chi connectivity index (χ3n) is 3.67. The fourth-order valence-corrected chi connectivity index (χ4v) is 2.82. The molecule has 0 aliphatic carbocycles. The molecule has 1 aromatic carbocycles. The molecule has 0 radical (unpaired) electrons. The first kappa shape index (κ1) is 14.1. The molecule has 0 saturated carbocycles. The van der Waals surface area contributed by atoms with Gasteiger partial charge >= 0.3 is 0 Å². The van der Waals surface area contributed by atoms with Crippen LogP contribution >= 0.6 is 11.6 Å². The summed E-state index contributed by atoms with van der Waals surface area (Å²) in [5.41, 5.74) is 5.10. The zero-order valence-electron chi connectivity index (χ0n) is 12.7. The molecule has 3 nitrogen and oxygen atoms in total. The highest BCUT2D eigenvalue weighted by molar-refractivity contribution is 6.30. The molecule has 0 amide bonds. The summed E-state index contributed by atoms with van der Waals surface area (Å²) in [6.07, 6.45) is 1.80. The van der Waals surface area contributed by atoms with Gasteiger partial charge in [0.1, 0.15) is 16.4 Å². The van der Waals surface area contributed by atoms with Gasteiger partial charge in [0.2, 0.25) is 0 Å². The molecule has 0 spiro atoms. The Morgan fingerprint density at radius 3 is 2.57 bits per heavy atom. The standard InChI is InChI=1S/C17H18ClN3/c1-17(2,3)12-8-6-5-7-11(12)15-16-13(9-14(18)20-15)21(4)10-19-16/h5-10H,1-4H3. The van der Waals surface area contributed by atoms with Crippen molar-refractivity contribution in [3.63, 3.8) is 0 Å². The summed E-state index contributed by atoms with van der Waals surface area (Å²) < 4.78 is 1.96. The lowest BCUT2D eigenvalue weighted by Crippen LogP contribution is -2.13. The van der Waals surface area contributed by atoms with E-state index in [1.54, 1.807) is 6.33 Å². The fraction of sp³-hybridized carbons (Fsp3) is 0.294. The maximum atomic E-state index is 6.22. The van der Waals surface area contributed by atoms with E-state index in [0.29, 0.717) is 5.15 Å². The molecule has 0 N–H and O–H groups in total. The number of pyridine rings is 1. The number of hydrogen-bond donors (Lipinski definition) is 0. The van der Waals surface area contributed by atoms with Crippen LogP contribution in [0, 0.1) is 0 Å². The van der Waals surface area contributed by atoms with Gasteiger partial charge in [-0.2, -0.15) is 0 Å². The Bertz CT molecular complexity index is 813. The Labute approximate surface area is 129 Å². The largest absolute Gasteiger partial charge is 0.334 e. The number of fused-ring (bicyclic) bond motifs is 1. The molecule has 21 heavy (non-hydrogen) atoms. The minimum atomic E-state index is 0.0295. The predicted octanol–water partition coefficient (Wildman–Crippen LogP) is 4.59. The lowest BCUT2D eigenvalue weighted by molar-refractivity contribution is 0.592. The number of halogens is 1. The summed E-state index contributed by atoms with van der Waals surface area (Å²) in [5.74, 6) is 0. The first-order valence-corrected chi connectivity index (χ1v) is 7.33. The SMILES string of the molecule is Cn1cnc2c(-c3ccccc3C(C)(C)C)nc(Cl)cc21. The van der Waals surface area contributed by atoms with Crippen LogP contribution in [-0.4, -0.2) is 14.5 Å². The van der Waals surface area contributed by atoms with E-state index in [9.17, 15) is 0 Å². The number of aryl methyl sites for hydroxylation is 1. The van der Waals surface area contributed by atoms with Crippen molar-refractivity contribution in [3.8, 4) is 11.3 Å². The second-order valence-corrected chi connectivity index (χ2v) is 6.70. The smallest absolute Gasteiger partial charge is 0.132 e. The summed E-state index contributed by atoms with van der Waals surface area (Å²) in [5, 5.41) is 0.491. The molecule has 3 rings (SSSR count). The molecule has 0 fully saturated rings. The minimum absolute atomic E-state index is 0.0295. The topological polar surface area (TPSA) is 30.7 Å². The van der Waals surface area contributed by atoms with Gasteiger partial charge in [0.15, 0.2) is 0 Å². The van der Waals surface area contributed by atoms with Crippen LogP contribution in [-0.2, 0) is 12.5 Å². The number of benzene rings is 1. The number of aromatic nitrogens is 3. The van der Waals surface area contributed by atoms with Gasteiger partial charge in [-0.1, -0.05) is 56.6 Å². The number of nitrogens with zero attached hydrogens (tertiary/aromatic N) is 3. The highest BCUT2D eigenvalue weighted by Gasteiger charge is 2.21. The molecule has 2 heterocycles. The molecule has 3 aromatic rings. The molecule has 0 aliphatic heterocycles. The van der Waals surface area contributed by atoms with Crippen molar-refractivity contribution in [2.45, 2.75) is 26.2 Å². The van der Waals surface area contributed by atoms with E-state index >= 15 is 0 Å². The lowest BCUT2D eigenvalue weighted by atomic mass is 9.83. The highest BCUT2D eigenvalue weighted by Crippen LogP contribution is 2.35. The van der Waals surface area contributed by atoms with E-state index < -0.39 is 0 Å². The second kappa shape index (κ2) is 4.85. The molecule has 4 heteroatoms. The molecule has 2 aromatic heterocycles. The molecular weight excluding hydrogens is 282 g/mol. The van der Waals surface area contributed by atoms with Crippen molar-refractivity contribution in [2.75, 3.05) is 0 Å². The zero-order chi connectivity index (χ0) is 15.2. The van der Waals surface area contributed by atoms with Gasteiger partial charge in [0, 0.05) is 18.7 Å². The number of rotatable bonds is 1. The Kier molecular flexibility index (Phi) is 3.25. The van der Waals surface area contributed by atoms with Crippen LogP contribution in [0.5, 0.6) is 0 Å². The molecule has 0 saturated heterocycles. The van der Waals surface area contributed by atoms with Gasteiger partial charge in [-0.3, -0.25) is 0 Å². The quantitative estimate of drug-likeness (QED) is 0.615. The van der Waals surface area contributed by atoms with Crippen molar-refractivity contribution in [3.05, 3.63) is 47.4 Å². The van der Waals surface area contributed by atoms with Crippen molar-refractivity contribution in [1.82, 2.24) is 14.5 Å². The van der Waals surface area contributed by atoms with E-state index in [0.717, 1.165) is 22.3 Å². The monoisotopic (exact) mass is 299 g/mol. The molecular formula is C17H18ClN3. The minimum Gasteiger partial charge on any atom is -0.334 e. The number of imidazole rings is 1. The van der Waals surface area contributed by atoms with Gasteiger partial charge in [-0.25, -0.2) is 9.97 Å². The van der Waals surface area contributed by atoms with E-state index in [4.69, 9.17) is 11.6 Å². The molecule has 0 unspecified atom stereocenters. The van der Waals surface area contributed by atoms with Crippen LogP contribution in [0.3, 0.4) is 0 Å². The van der Waals surface area contributed by atoms with Crippen molar-refractivity contribution in [1.29, 1.82) is 0 Å². The average Bonchev–Trinajstić information content (AvgIpc) is 2.79. The third-order valence-corrected chi connectivity index (χ3v) is 3.87. The summed E-state index contributed by atoms with van der Waals surface area (Å²) >= 11 is 6.22. The maximum Gasteiger partial charge on any atom is 0.132 e. The molecule has 0 aliphatic rings. The first-order chi connectivity index (χ1) is 9.88. The van der Waals surface area contributed by atoms with Crippen molar-refractivity contribution >= 4 is 22.6 Å². The van der Waals surface area contributed by atoms with Gasteiger partial charge < -0.3 is 4.57 Å². The highest BCUT2D eigenvalue weighted by atomic mass is 35.5. The van der Waals surface area contributed by atoms with Crippen LogP contribution in [0.2, 0.25) is 5.15 Å². The summed E-state index contributed by atoms with van der Waals surface area (Å²) in [6.45, 7) is 6.60. The van der Waals surface area contributed by atoms with Gasteiger partial charge in [-0.05, 0) is 11.0 Å². The predicted molar refractivity (Wildman–Crippen MR) is 87.7 cm³/mol. The lowest BCUT2D eigenvalue weighted by Gasteiger charge is -2.22. The van der Waals surface area contributed by atoms with Crippen molar-refractivity contribution < 1.29 is 0 Å². The van der Waals surface area contributed by atoms with Crippen LogP contribution < -0.4 is 0 Å². The van der Waals surface area contributed by atoms with Crippen LogP contribution in [0.4, 0.5) is 0 Å². The van der Waals surface area contributed by atoms with E-state index in [1.807, 2.05) is 23.7 Å². The first-order valence-electron chi connectivity index (χ1n) is 6.95. The van der Waals surface area contributed by atoms with Gasteiger partial charge in [-0.15, -0.1) is 0 Å². The summed E-state index contributed by atoms with van der Waals surface area (Å²) in [4.78, 5) is 9.05. The second-order valence-electron chi connectivity index (χ2n) is 6.31. The number of hydrogen-bond acceptors (Lipinski definition) is 2. The third kappa shape index (κ3) is 2.42. The Balaban J connectivity index is 2.36. The maximum absolute atomic E-state index is 6.22. The Hall–Kier alpha value is -1.87. The van der Waals surface area contributed by atoms with Crippen LogP contribution in [0.1, 0.15) is 26.3 Å². The zero-order valence-corrected chi connectivity index (χ0v) is 13.4. The molecule has 108 valence electrons. The summed E-state index contributed by atoms with van der Waals surface area (Å²) in [6, 6.07) is 10.2. The van der Waals surface area contributed by atoms with Gasteiger partial charge in [0.05, 0.1) is 11.8 Å². The Morgan fingerprint density at radius 1 is 1.14 bits per heavy atom. The molecule has 0 bridgehead atoms.